The van der Waals surface area contributed by atoms with Crippen molar-refractivity contribution in [3.05, 3.63) is 46.2 Å². The molecule has 0 fully saturated rings. The molecule has 0 aromatic heterocycles. The zero-order valence-corrected chi connectivity index (χ0v) is 10.6. The van der Waals surface area contributed by atoms with Gasteiger partial charge in [0.25, 0.3) is 0 Å². The highest BCUT2D eigenvalue weighted by Crippen LogP contribution is 2.17. The Morgan fingerprint density at radius 1 is 1.38 bits per heavy atom. The SMILES string of the molecule is Fc1ccc(CNC2CC=CCC2)cc1Br. The summed E-state index contributed by atoms with van der Waals surface area (Å²) >= 11 is 3.20. The van der Waals surface area contributed by atoms with E-state index in [0.29, 0.717) is 10.5 Å². The van der Waals surface area contributed by atoms with Gasteiger partial charge in [-0.3, -0.25) is 0 Å². The molecule has 1 atom stereocenters. The van der Waals surface area contributed by atoms with E-state index in [1.165, 1.54) is 12.5 Å². The van der Waals surface area contributed by atoms with Crippen LogP contribution in [0.15, 0.2) is 34.8 Å². The number of benzene rings is 1. The maximum absolute atomic E-state index is 13.0. The third-order valence-electron chi connectivity index (χ3n) is 2.85. The lowest BCUT2D eigenvalue weighted by atomic mass is 10.0. The first-order valence-electron chi connectivity index (χ1n) is 5.58. The number of hydrogen-bond acceptors (Lipinski definition) is 1. The third kappa shape index (κ3) is 3.16. The van der Waals surface area contributed by atoms with E-state index in [2.05, 4.69) is 33.4 Å². The third-order valence-corrected chi connectivity index (χ3v) is 3.46. The molecule has 1 unspecified atom stereocenters. The minimum Gasteiger partial charge on any atom is -0.310 e. The second-order valence-corrected chi connectivity index (χ2v) is 4.97. The molecule has 16 heavy (non-hydrogen) atoms. The minimum atomic E-state index is -0.204. The highest BCUT2D eigenvalue weighted by molar-refractivity contribution is 9.10. The normalized spacial score (nSPS) is 20.0. The molecule has 0 saturated carbocycles. The molecule has 1 aliphatic carbocycles. The first kappa shape index (κ1) is 11.8. The van der Waals surface area contributed by atoms with E-state index in [-0.39, 0.29) is 5.82 Å². The van der Waals surface area contributed by atoms with Crippen LogP contribution in [0.4, 0.5) is 4.39 Å². The predicted molar refractivity (Wildman–Crippen MR) is 67.7 cm³/mol. The number of hydrogen-bond donors (Lipinski definition) is 1. The molecular formula is C13H15BrFN. The number of allylic oxidation sites excluding steroid dienone is 1. The summed E-state index contributed by atoms with van der Waals surface area (Å²) in [5.74, 6) is -0.204. The predicted octanol–water partition coefficient (Wildman–Crippen LogP) is 3.79. The molecule has 0 radical (unpaired) electrons. The lowest BCUT2D eigenvalue weighted by molar-refractivity contribution is 0.474. The summed E-state index contributed by atoms with van der Waals surface area (Å²) in [6.45, 7) is 0.803. The van der Waals surface area contributed by atoms with Crippen molar-refractivity contribution in [2.75, 3.05) is 0 Å². The second-order valence-electron chi connectivity index (χ2n) is 4.11. The van der Waals surface area contributed by atoms with Crippen molar-refractivity contribution in [1.82, 2.24) is 5.32 Å². The quantitative estimate of drug-likeness (QED) is 0.833. The van der Waals surface area contributed by atoms with Crippen LogP contribution < -0.4 is 5.32 Å². The molecule has 1 aliphatic rings. The molecule has 0 spiro atoms. The van der Waals surface area contributed by atoms with E-state index in [4.69, 9.17) is 0 Å². The first-order valence-corrected chi connectivity index (χ1v) is 6.37. The summed E-state index contributed by atoms with van der Waals surface area (Å²) in [6.07, 6.45) is 7.90. The van der Waals surface area contributed by atoms with Crippen LogP contribution >= 0.6 is 15.9 Å². The summed E-state index contributed by atoms with van der Waals surface area (Å²) in [5.41, 5.74) is 1.11. The molecule has 1 N–H and O–H groups in total. The Labute approximate surface area is 104 Å². The summed E-state index contributed by atoms with van der Waals surface area (Å²) in [7, 11) is 0. The Balaban J connectivity index is 1.89. The van der Waals surface area contributed by atoms with Gasteiger partial charge in [0.2, 0.25) is 0 Å². The van der Waals surface area contributed by atoms with Gasteiger partial charge in [-0.1, -0.05) is 18.2 Å². The topological polar surface area (TPSA) is 12.0 Å². The van der Waals surface area contributed by atoms with Crippen molar-refractivity contribution in [1.29, 1.82) is 0 Å². The molecule has 0 aliphatic heterocycles. The van der Waals surface area contributed by atoms with Crippen LogP contribution in [0.25, 0.3) is 0 Å². The number of rotatable bonds is 3. The summed E-state index contributed by atoms with van der Waals surface area (Å²) < 4.78 is 13.6. The van der Waals surface area contributed by atoms with Crippen molar-refractivity contribution in [3.63, 3.8) is 0 Å². The molecule has 3 heteroatoms. The average molecular weight is 284 g/mol. The Kier molecular flexibility index (Phi) is 4.13. The number of nitrogens with one attached hydrogen (secondary N) is 1. The van der Waals surface area contributed by atoms with E-state index in [9.17, 15) is 4.39 Å². The van der Waals surface area contributed by atoms with E-state index in [0.717, 1.165) is 24.9 Å². The highest BCUT2D eigenvalue weighted by atomic mass is 79.9. The van der Waals surface area contributed by atoms with Crippen LogP contribution in [0.2, 0.25) is 0 Å². The van der Waals surface area contributed by atoms with Gasteiger partial charge in [-0.05, 0) is 52.9 Å². The Morgan fingerprint density at radius 2 is 2.25 bits per heavy atom. The van der Waals surface area contributed by atoms with Gasteiger partial charge < -0.3 is 5.32 Å². The fourth-order valence-corrected chi connectivity index (χ4v) is 2.32. The van der Waals surface area contributed by atoms with Crippen molar-refractivity contribution < 1.29 is 4.39 Å². The van der Waals surface area contributed by atoms with Gasteiger partial charge in [-0.15, -0.1) is 0 Å². The van der Waals surface area contributed by atoms with Gasteiger partial charge in [0, 0.05) is 12.6 Å². The monoisotopic (exact) mass is 283 g/mol. The molecule has 1 aromatic rings. The van der Waals surface area contributed by atoms with Crippen molar-refractivity contribution >= 4 is 15.9 Å². The van der Waals surface area contributed by atoms with Crippen LogP contribution in [-0.4, -0.2) is 6.04 Å². The van der Waals surface area contributed by atoms with E-state index in [1.54, 1.807) is 0 Å². The van der Waals surface area contributed by atoms with Gasteiger partial charge >= 0.3 is 0 Å². The van der Waals surface area contributed by atoms with Crippen LogP contribution in [0.5, 0.6) is 0 Å². The average Bonchev–Trinajstić information content (AvgIpc) is 2.32. The van der Waals surface area contributed by atoms with Crippen LogP contribution in [-0.2, 0) is 6.54 Å². The van der Waals surface area contributed by atoms with Crippen molar-refractivity contribution in [2.45, 2.75) is 31.8 Å². The molecule has 1 aromatic carbocycles. The standard InChI is InChI=1S/C13H15BrFN/c14-12-8-10(6-7-13(12)15)9-16-11-4-2-1-3-5-11/h1-2,6-8,11,16H,3-5,9H2. The summed E-state index contributed by atoms with van der Waals surface area (Å²) in [6, 6.07) is 5.73. The molecule has 0 bridgehead atoms. The Bertz CT molecular complexity index is 390. The van der Waals surface area contributed by atoms with Gasteiger partial charge in [0.1, 0.15) is 5.82 Å². The Hall–Kier alpha value is -0.670. The van der Waals surface area contributed by atoms with E-state index in [1.807, 2.05) is 12.1 Å². The van der Waals surface area contributed by atoms with Crippen LogP contribution in [0, 0.1) is 5.82 Å². The fraction of sp³-hybridized carbons (Fsp3) is 0.385. The molecular weight excluding hydrogens is 269 g/mol. The van der Waals surface area contributed by atoms with Gasteiger partial charge in [-0.2, -0.15) is 0 Å². The maximum Gasteiger partial charge on any atom is 0.137 e. The zero-order chi connectivity index (χ0) is 11.4. The Morgan fingerprint density at radius 3 is 2.94 bits per heavy atom. The smallest absolute Gasteiger partial charge is 0.137 e. The van der Waals surface area contributed by atoms with Gasteiger partial charge in [0.15, 0.2) is 0 Å². The molecule has 0 amide bonds. The van der Waals surface area contributed by atoms with Crippen LogP contribution in [0.3, 0.4) is 0 Å². The molecule has 0 heterocycles. The highest BCUT2D eigenvalue weighted by Gasteiger charge is 2.09. The number of halogens is 2. The van der Waals surface area contributed by atoms with E-state index >= 15 is 0 Å². The zero-order valence-electron chi connectivity index (χ0n) is 9.05. The molecule has 86 valence electrons. The minimum absolute atomic E-state index is 0.204. The molecule has 1 nitrogen and oxygen atoms in total. The first-order chi connectivity index (χ1) is 7.75. The maximum atomic E-state index is 13.0. The summed E-state index contributed by atoms with van der Waals surface area (Å²) in [5, 5.41) is 3.49. The van der Waals surface area contributed by atoms with E-state index < -0.39 is 0 Å². The largest absolute Gasteiger partial charge is 0.310 e. The summed E-state index contributed by atoms with van der Waals surface area (Å²) in [4.78, 5) is 0. The fourth-order valence-electron chi connectivity index (χ4n) is 1.89. The van der Waals surface area contributed by atoms with Crippen molar-refractivity contribution in [3.8, 4) is 0 Å². The molecule has 0 saturated heterocycles. The van der Waals surface area contributed by atoms with Crippen molar-refractivity contribution in [2.24, 2.45) is 0 Å². The second kappa shape index (κ2) is 5.60. The lowest BCUT2D eigenvalue weighted by Gasteiger charge is -2.19. The van der Waals surface area contributed by atoms with Gasteiger partial charge in [0.05, 0.1) is 4.47 Å². The molecule has 2 rings (SSSR count). The van der Waals surface area contributed by atoms with Crippen LogP contribution in [0.1, 0.15) is 24.8 Å². The van der Waals surface area contributed by atoms with Gasteiger partial charge in [-0.25, -0.2) is 4.39 Å². The lowest BCUT2D eigenvalue weighted by Crippen LogP contribution is -2.29.